The van der Waals surface area contributed by atoms with Gasteiger partial charge in [0.1, 0.15) is 0 Å². The smallest absolute Gasteiger partial charge is 0.206 e. The number of aryl methyl sites for hydroxylation is 2. The van der Waals surface area contributed by atoms with E-state index in [0.717, 1.165) is 37.1 Å². The minimum atomic E-state index is -3.60. The van der Waals surface area contributed by atoms with Crippen molar-refractivity contribution in [2.24, 2.45) is 9.98 Å². The minimum Gasteiger partial charge on any atom is -0.261 e. The lowest BCUT2D eigenvalue weighted by molar-refractivity contribution is 0.596. The second-order valence-corrected chi connectivity index (χ2v) is 10.1. The van der Waals surface area contributed by atoms with Crippen molar-refractivity contribution in [3.63, 3.8) is 0 Å². The molecule has 4 rings (SSSR count). The molecule has 0 amide bonds. The summed E-state index contributed by atoms with van der Waals surface area (Å²) >= 11 is 0. The van der Waals surface area contributed by atoms with Gasteiger partial charge in [0.15, 0.2) is 0 Å². The Hall–Kier alpha value is -3.83. The van der Waals surface area contributed by atoms with Gasteiger partial charge in [-0.25, -0.2) is 8.42 Å². The molecule has 4 aromatic rings. The van der Waals surface area contributed by atoms with Crippen molar-refractivity contribution in [3.8, 4) is 0 Å². The maximum absolute atomic E-state index is 13.0. The number of hydrogen-bond donors (Lipinski definition) is 0. The van der Waals surface area contributed by atoms with Gasteiger partial charge < -0.3 is 0 Å². The lowest BCUT2D eigenvalue weighted by atomic mass is 10.1. The first-order valence-electron chi connectivity index (χ1n) is 11.7. The number of sulfone groups is 1. The number of nitrogens with zero attached hydrogens (tertiary/aromatic N) is 2. The van der Waals surface area contributed by atoms with Crippen molar-refractivity contribution in [2.45, 2.75) is 35.5 Å². The molecule has 0 fully saturated rings. The molecule has 5 heteroatoms. The Bertz CT molecular complexity index is 1260. The third-order valence-electron chi connectivity index (χ3n) is 5.58. The van der Waals surface area contributed by atoms with Crippen molar-refractivity contribution >= 4 is 33.6 Å². The molecule has 35 heavy (non-hydrogen) atoms. The topological polar surface area (TPSA) is 58.9 Å². The molecule has 0 heterocycles. The second-order valence-electron chi connectivity index (χ2n) is 8.16. The van der Waals surface area contributed by atoms with Crippen LogP contribution < -0.4 is 0 Å². The first kappa shape index (κ1) is 24.3. The fraction of sp³-hybridized carbons (Fsp3) is 0.133. The van der Waals surface area contributed by atoms with Crippen LogP contribution in [-0.4, -0.2) is 20.8 Å². The summed E-state index contributed by atoms with van der Waals surface area (Å²) < 4.78 is 26.0. The van der Waals surface area contributed by atoms with E-state index in [0.29, 0.717) is 0 Å². The fourth-order valence-electron chi connectivity index (χ4n) is 3.65. The van der Waals surface area contributed by atoms with Gasteiger partial charge >= 0.3 is 0 Å². The van der Waals surface area contributed by atoms with Gasteiger partial charge in [0.05, 0.1) is 21.2 Å². The van der Waals surface area contributed by atoms with Gasteiger partial charge in [-0.2, -0.15) is 0 Å². The van der Waals surface area contributed by atoms with Gasteiger partial charge in [-0.15, -0.1) is 0 Å². The summed E-state index contributed by atoms with van der Waals surface area (Å²) in [6.07, 6.45) is 7.23. The molecule has 176 valence electrons. The van der Waals surface area contributed by atoms with E-state index in [-0.39, 0.29) is 9.79 Å². The third-order valence-corrected chi connectivity index (χ3v) is 7.37. The van der Waals surface area contributed by atoms with Crippen molar-refractivity contribution in [1.82, 2.24) is 0 Å². The van der Waals surface area contributed by atoms with Crippen LogP contribution in [0.15, 0.2) is 129 Å². The molecule has 0 N–H and O–H groups in total. The first-order valence-corrected chi connectivity index (χ1v) is 13.2. The van der Waals surface area contributed by atoms with E-state index in [1.165, 1.54) is 11.1 Å². The Morgan fingerprint density at radius 1 is 0.514 bits per heavy atom. The number of benzene rings is 4. The zero-order valence-corrected chi connectivity index (χ0v) is 20.3. The lowest BCUT2D eigenvalue weighted by Gasteiger charge is -2.05. The summed E-state index contributed by atoms with van der Waals surface area (Å²) in [5.74, 6) is 0. The van der Waals surface area contributed by atoms with Crippen LogP contribution >= 0.6 is 0 Å². The average Bonchev–Trinajstić information content (AvgIpc) is 2.91. The van der Waals surface area contributed by atoms with Crippen LogP contribution in [-0.2, 0) is 22.7 Å². The molecule has 0 spiro atoms. The van der Waals surface area contributed by atoms with Crippen molar-refractivity contribution in [2.75, 3.05) is 0 Å². The summed E-state index contributed by atoms with van der Waals surface area (Å²) in [5.41, 5.74) is 4.00. The maximum atomic E-state index is 13.0. The van der Waals surface area contributed by atoms with E-state index in [9.17, 15) is 8.42 Å². The summed E-state index contributed by atoms with van der Waals surface area (Å²) in [4.78, 5) is 9.40. The van der Waals surface area contributed by atoms with Gasteiger partial charge in [0, 0.05) is 12.4 Å². The molecule has 0 saturated carbocycles. The second kappa shape index (κ2) is 12.0. The predicted molar refractivity (Wildman–Crippen MR) is 144 cm³/mol. The van der Waals surface area contributed by atoms with E-state index in [1.54, 1.807) is 48.5 Å². The van der Waals surface area contributed by atoms with E-state index >= 15 is 0 Å². The normalized spacial score (nSPS) is 11.9. The molecule has 4 nitrogen and oxygen atoms in total. The molecule has 4 aromatic carbocycles. The van der Waals surface area contributed by atoms with Crippen molar-refractivity contribution in [3.05, 3.63) is 120 Å². The molecule has 0 unspecified atom stereocenters. The van der Waals surface area contributed by atoms with E-state index < -0.39 is 9.84 Å². The molecule has 0 aliphatic carbocycles. The zero-order valence-electron chi connectivity index (χ0n) is 19.5. The van der Waals surface area contributed by atoms with Crippen LogP contribution in [0.3, 0.4) is 0 Å². The van der Waals surface area contributed by atoms with Crippen molar-refractivity contribution < 1.29 is 8.42 Å². The highest BCUT2D eigenvalue weighted by Crippen LogP contribution is 2.25. The Morgan fingerprint density at radius 3 is 1.26 bits per heavy atom. The lowest BCUT2D eigenvalue weighted by Crippen LogP contribution is -2.01. The van der Waals surface area contributed by atoms with Crippen LogP contribution in [0.4, 0.5) is 11.4 Å². The van der Waals surface area contributed by atoms with Gasteiger partial charge in [0.2, 0.25) is 9.84 Å². The molecule has 0 aliphatic rings. The van der Waals surface area contributed by atoms with Crippen LogP contribution in [0.2, 0.25) is 0 Å². The molecular formula is C30H28N2O2S. The van der Waals surface area contributed by atoms with Gasteiger partial charge in [-0.05, 0) is 85.3 Å². The van der Waals surface area contributed by atoms with E-state index in [1.807, 2.05) is 48.8 Å². The van der Waals surface area contributed by atoms with Crippen LogP contribution in [0.1, 0.15) is 24.0 Å². The quantitative estimate of drug-likeness (QED) is 0.226. The number of rotatable bonds is 10. The molecule has 0 saturated heterocycles. The largest absolute Gasteiger partial charge is 0.261 e. The SMILES string of the molecule is O=S(=O)(c1ccc(N=CCCc2ccccc2)cc1)c1ccc(N=CCCc2ccccc2)cc1. The van der Waals surface area contributed by atoms with Crippen LogP contribution in [0.25, 0.3) is 0 Å². The highest BCUT2D eigenvalue weighted by atomic mass is 32.2. The van der Waals surface area contributed by atoms with Crippen LogP contribution in [0.5, 0.6) is 0 Å². The monoisotopic (exact) mass is 480 g/mol. The minimum absolute atomic E-state index is 0.250. The molecule has 0 aromatic heterocycles. The molecule has 0 aliphatic heterocycles. The highest BCUT2D eigenvalue weighted by Gasteiger charge is 2.17. The highest BCUT2D eigenvalue weighted by molar-refractivity contribution is 7.91. The summed E-state index contributed by atoms with van der Waals surface area (Å²) in [5, 5.41) is 0. The molecular weight excluding hydrogens is 452 g/mol. The summed E-state index contributed by atoms with van der Waals surface area (Å²) in [6.45, 7) is 0. The Kier molecular flexibility index (Phi) is 8.36. The fourth-order valence-corrected chi connectivity index (χ4v) is 4.91. The van der Waals surface area contributed by atoms with Crippen LogP contribution in [0, 0.1) is 0 Å². The Morgan fingerprint density at radius 2 is 0.886 bits per heavy atom. The average molecular weight is 481 g/mol. The van der Waals surface area contributed by atoms with Gasteiger partial charge in [-0.1, -0.05) is 60.7 Å². The summed E-state index contributed by atoms with van der Waals surface area (Å²) in [6, 6.07) is 33.9. The van der Waals surface area contributed by atoms with Crippen molar-refractivity contribution in [1.29, 1.82) is 0 Å². The molecule has 0 bridgehead atoms. The summed E-state index contributed by atoms with van der Waals surface area (Å²) in [7, 11) is -3.60. The van der Waals surface area contributed by atoms with Gasteiger partial charge in [-0.3, -0.25) is 9.98 Å². The molecule has 0 atom stereocenters. The first-order chi connectivity index (χ1) is 17.1. The third kappa shape index (κ3) is 7.08. The zero-order chi connectivity index (χ0) is 24.3. The van der Waals surface area contributed by atoms with E-state index in [4.69, 9.17) is 0 Å². The maximum Gasteiger partial charge on any atom is 0.206 e. The molecule has 0 radical (unpaired) electrons. The van der Waals surface area contributed by atoms with E-state index in [2.05, 4.69) is 34.3 Å². The number of aliphatic imine (C=N–C) groups is 2. The standard InChI is InChI=1S/C30H28N2O2S/c33-35(34,29-19-15-27(16-20-29)31-23-7-13-25-9-3-1-4-10-25)30-21-17-28(18-22-30)32-24-8-14-26-11-5-2-6-12-26/h1-6,9-12,15-24H,7-8,13-14H2. The number of hydrogen-bond acceptors (Lipinski definition) is 4. The van der Waals surface area contributed by atoms with Gasteiger partial charge in [0.25, 0.3) is 0 Å². The Labute approximate surface area is 207 Å². The predicted octanol–water partition coefficient (Wildman–Crippen LogP) is 7.19. The Balaban J connectivity index is 1.32.